The van der Waals surface area contributed by atoms with Crippen LogP contribution in [0.5, 0.6) is 5.75 Å². The van der Waals surface area contributed by atoms with Gasteiger partial charge in [-0.05, 0) is 48.1 Å². The first-order valence-electron chi connectivity index (χ1n) is 7.44. The van der Waals surface area contributed by atoms with Gasteiger partial charge in [-0.1, -0.05) is 12.1 Å². The Morgan fingerprint density at radius 2 is 2.05 bits per heavy atom. The monoisotopic (exact) mass is 285 g/mol. The van der Waals surface area contributed by atoms with E-state index in [1.165, 1.54) is 35.3 Å². The Hall–Kier alpha value is -1.32. The topological polar surface area (TPSA) is 21.3 Å². The van der Waals surface area contributed by atoms with Crippen LogP contribution in [0.4, 0.5) is 0 Å². The Kier molecular flexibility index (Phi) is 3.25. The average Bonchev–Trinajstić information content (AvgIpc) is 3.12. The van der Waals surface area contributed by atoms with E-state index >= 15 is 0 Å². The molecule has 104 valence electrons. The third-order valence-electron chi connectivity index (χ3n) is 4.18. The zero-order chi connectivity index (χ0) is 13.4. The summed E-state index contributed by atoms with van der Waals surface area (Å²) in [5.41, 5.74) is 4.32. The molecule has 4 rings (SSSR count). The van der Waals surface area contributed by atoms with Crippen LogP contribution < -0.4 is 10.1 Å². The molecule has 0 bridgehead atoms. The molecule has 0 atom stereocenters. The summed E-state index contributed by atoms with van der Waals surface area (Å²) in [6, 6.07) is 8.96. The molecule has 0 amide bonds. The van der Waals surface area contributed by atoms with Crippen molar-refractivity contribution in [1.29, 1.82) is 0 Å². The number of hydrogen-bond donors (Lipinski definition) is 1. The number of nitrogens with one attached hydrogen (secondary N) is 1. The van der Waals surface area contributed by atoms with E-state index < -0.39 is 0 Å². The molecule has 1 aliphatic carbocycles. The van der Waals surface area contributed by atoms with Crippen LogP contribution in [0.25, 0.3) is 0 Å². The van der Waals surface area contributed by atoms with Gasteiger partial charge in [0, 0.05) is 29.3 Å². The van der Waals surface area contributed by atoms with Crippen molar-refractivity contribution >= 4 is 11.3 Å². The predicted octanol–water partition coefficient (Wildman–Crippen LogP) is 3.46. The molecular weight excluding hydrogens is 266 g/mol. The van der Waals surface area contributed by atoms with Crippen molar-refractivity contribution in [1.82, 2.24) is 5.32 Å². The normalized spacial score (nSPS) is 16.0. The highest BCUT2D eigenvalue weighted by atomic mass is 32.1. The Morgan fingerprint density at radius 3 is 3.00 bits per heavy atom. The number of aryl methyl sites for hydroxylation is 2. The predicted molar refractivity (Wildman–Crippen MR) is 82.5 cm³/mol. The van der Waals surface area contributed by atoms with Gasteiger partial charge < -0.3 is 10.1 Å². The summed E-state index contributed by atoms with van der Waals surface area (Å²) in [7, 11) is 0. The molecule has 0 saturated heterocycles. The van der Waals surface area contributed by atoms with E-state index in [0.29, 0.717) is 0 Å². The fourth-order valence-corrected chi connectivity index (χ4v) is 4.39. The number of rotatable bonds is 4. The molecule has 1 aliphatic heterocycles. The second-order valence-corrected chi connectivity index (χ2v) is 6.88. The first-order valence-corrected chi connectivity index (χ1v) is 8.26. The summed E-state index contributed by atoms with van der Waals surface area (Å²) in [4.78, 5) is 3.11. The summed E-state index contributed by atoms with van der Waals surface area (Å²) in [5.74, 6) is 1.07. The fourth-order valence-electron chi connectivity index (χ4n) is 3.16. The molecule has 0 saturated carbocycles. The second-order valence-electron chi connectivity index (χ2n) is 5.66. The highest BCUT2D eigenvalue weighted by molar-refractivity contribution is 7.12. The quantitative estimate of drug-likeness (QED) is 0.929. The largest absolute Gasteiger partial charge is 0.493 e. The van der Waals surface area contributed by atoms with Crippen LogP contribution in [0.1, 0.15) is 32.9 Å². The van der Waals surface area contributed by atoms with Gasteiger partial charge in [-0.25, -0.2) is 0 Å². The van der Waals surface area contributed by atoms with Gasteiger partial charge in [-0.3, -0.25) is 0 Å². The molecule has 0 unspecified atom stereocenters. The smallest absolute Gasteiger partial charge is 0.122 e. The van der Waals surface area contributed by atoms with Crippen LogP contribution in [0.3, 0.4) is 0 Å². The van der Waals surface area contributed by atoms with E-state index in [1.54, 1.807) is 10.4 Å². The van der Waals surface area contributed by atoms with Crippen molar-refractivity contribution < 1.29 is 4.74 Å². The standard InChI is InChI=1S/C17H19NOS/c1-2-14-9-15(20-17(14)3-1)11-18-10-12-4-5-16-13(8-12)6-7-19-16/h4-5,8-9,18H,1-3,6-7,10-11H2. The maximum atomic E-state index is 5.54. The minimum absolute atomic E-state index is 0.840. The molecule has 2 aromatic rings. The maximum Gasteiger partial charge on any atom is 0.122 e. The molecule has 0 spiro atoms. The molecule has 0 radical (unpaired) electrons. The lowest BCUT2D eigenvalue weighted by atomic mass is 10.1. The Morgan fingerprint density at radius 1 is 1.05 bits per heavy atom. The number of fused-ring (bicyclic) bond motifs is 2. The molecular formula is C17H19NOS. The van der Waals surface area contributed by atoms with Crippen LogP contribution in [0.15, 0.2) is 24.3 Å². The summed E-state index contributed by atoms with van der Waals surface area (Å²) in [6.07, 6.45) is 4.99. The Bertz CT molecular complexity index is 610. The van der Waals surface area contributed by atoms with E-state index in [2.05, 4.69) is 29.6 Å². The molecule has 1 aromatic carbocycles. The summed E-state index contributed by atoms with van der Waals surface area (Å²) < 4.78 is 5.54. The van der Waals surface area contributed by atoms with Crippen molar-refractivity contribution in [3.8, 4) is 5.75 Å². The lowest BCUT2D eigenvalue weighted by molar-refractivity contribution is 0.357. The van der Waals surface area contributed by atoms with Gasteiger partial charge >= 0.3 is 0 Å². The minimum atomic E-state index is 0.840. The van der Waals surface area contributed by atoms with Crippen molar-refractivity contribution in [2.45, 2.75) is 38.8 Å². The highest BCUT2D eigenvalue weighted by Crippen LogP contribution is 2.30. The van der Waals surface area contributed by atoms with Crippen LogP contribution >= 0.6 is 11.3 Å². The molecule has 20 heavy (non-hydrogen) atoms. The van der Waals surface area contributed by atoms with Gasteiger partial charge in [0.05, 0.1) is 6.61 Å². The van der Waals surface area contributed by atoms with E-state index in [9.17, 15) is 0 Å². The summed E-state index contributed by atoms with van der Waals surface area (Å²) >= 11 is 1.99. The van der Waals surface area contributed by atoms with E-state index in [-0.39, 0.29) is 0 Å². The maximum absolute atomic E-state index is 5.54. The third-order valence-corrected chi connectivity index (χ3v) is 5.42. The number of ether oxygens (including phenoxy) is 1. The number of benzene rings is 1. The van der Waals surface area contributed by atoms with Crippen molar-refractivity contribution in [3.05, 3.63) is 50.7 Å². The van der Waals surface area contributed by atoms with Gasteiger partial charge in [0.2, 0.25) is 0 Å². The fraction of sp³-hybridized carbons (Fsp3) is 0.412. The highest BCUT2D eigenvalue weighted by Gasteiger charge is 2.14. The molecule has 2 nitrogen and oxygen atoms in total. The Labute approximate surface area is 123 Å². The zero-order valence-electron chi connectivity index (χ0n) is 11.6. The van der Waals surface area contributed by atoms with Crippen LogP contribution in [0.2, 0.25) is 0 Å². The van der Waals surface area contributed by atoms with Crippen LogP contribution in [0, 0.1) is 0 Å². The molecule has 2 heterocycles. The first-order chi connectivity index (χ1) is 9.88. The van der Waals surface area contributed by atoms with Crippen LogP contribution in [-0.2, 0) is 32.4 Å². The van der Waals surface area contributed by atoms with Gasteiger partial charge in [0.1, 0.15) is 5.75 Å². The first kappa shape index (κ1) is 12.4. The molecule has 3 heteroatoms. The lowest BCUT2D eigenvalue weighted by Crippen LogP contribution is -2.11. The number of thiophene rings is 1. The molecule has 1 aromatic heterocycles. The molecule has 2 aliphatic rings. The van der Waals surface area contributed by atoms with Crippen LogP contribution in [-0.4, -0.2) is 6.61 Å². The second kappa shape index (κ2) is 5.23. The summed E-state index contributed by atoms with van der Waals surface area (Å²) in [6.45, 7) is 2.77. The van der Waals surface area contributed by atoms with Crippen molar-refractivity contribution in [3.63, 3.8) is 0 Å². The molecule has 0 fully saturated rings. The van der Waals surface area contributed by atoms with E-state index in [4.69, 9.17) is 4.74 Å². The van der Waals surface area contributed by atoms with Gasteiger partial charge in [0.25, 0.3) is 0 Å². The zero-order valence-corrected chi connectivity index (χ0v) is 12.4. The van der Waals surface area contributed by atoms with Gasteiger partial charge in [0.15, 0.2) is 0 Å². The SMILES string of the molecule is c1cc2c(cc1CNCc1cc3c(s1)CCC3)CCO2. The molecule has 1 N–H and O–H groups in total. The van der Waals surface area contributed by atoms with Gasteiger partial charge in [-0.15, -0.1) is 11.3 Å². The lowest BCUT2D eigenvalue weighted by Gasteiger charge is -2.05. The van der Waals surface area contributed by atoms with E-state index in [1.807, 2.05) is 11.3 Å². The number of hydrogen-bond acceptors (Lipinski definition) is 3. The Balaban J connectivity index is 1.36. The van der Waals surface area contributed by atoms with Gasteiger partial charge in [-0.2, -0.15) is 0 Å². The van der Waals surface area contributed by atoms with Crippen molar-refractivity contribution in [2.75, 3.05) is 6.61 Å². The summed E-state index contributed by atoms with van der Waals surface area (Å²) in [5, 5.41) is 3.57. The average molecular weight is 285 g/mol. The van der Waals surface area contributed by atoms with E-state index in [0.717, 1.165) is 31.9 Å². The minimum Gasteiger partial charge on any atom is -0.493 e. The van der Waals surface area contributed by atoms with Crippen molar-refractivity contribution in [2.24, 2.45) is 0 Å². The third kappa shape index (κ3) is 2.36.